The minimum Gasteiger partial charge on any atom is -0.368 e. The van der Waals surface area contributed by atoms with E-state index in [1.54, 1.807) is 12.1 Å². The van der Waals surface area contributed by atoms with Crippen molar-refractivity contribution >= 4 is 15.9 Å². The molecule has 1 atom stereocenters. The highest BCUT2D eigenvalue weighted by Gasteiger charge is 2.19. The Bertz CT molecular complexity index is 494. The number of nitrogens with one attached hydrogen (secondary N) is 1. The molecule has 0 saturated heterocycles. The van der Waals surface area contributed by atoms with E-state index in [-0.39, 0.29) is 4.90 Å². The zero-order valence-electron chi connectivity index (χ0n) is 9.80. The Morgan fingerprint density at radius 3 is 2.29 bits per heavy atom. The Morgan fingerprint density at radius 2 is 1.88 bits per heavy atom. The lowest BCUT2D eigenvalue weighted by Crippen LogP contribution is -2.42. The molecule has 1 rings (SSSR count). The lowest BCUT2D eigenvalue weighted by atomic mass is 10.2. The fourth-order valence-corrected chi connectivity index (χ4v) is 2.48. The highest BCUT2D eigenvalue weighted by Crippen LogP contribution is 2.11. The Morgan fingerprint density at radius 1 is 1.35 bits per heavy atom. The van der Waals surface area contributed by atoms with Crippen molar-refractivity contribution in [1.82, 2.24) is 4.72 Å². The number of carbonyl (C=O) groups excluding carboxylic acids is 1. The summed E-state index contributed by atoms with van der Waals surface area (Å²) >= 11 is 0. The van der Waals surface area contributed by atoms with Gasteiger partial charge in [-0.1, -0.05) is 19.1 Å². The Hall–Kier alpha value is -1.40. The van der Waals surface area contributed by atoms with Crippen LogP contribution in [0.1, 0.15) is 19.4 Å². The fourth-order valence-electron chi connectivity index (χ4n) is 1.26. The molecule has 0 aliphatic carbocycles. The topological polar surface area (TPSA) is 89.3 Å². The Kier molecular flexibility index (Phi) is 4.25. The number of benzene rings is 1. The van der Waals surface area contributed by atoms with Crippen LogP contribution >= 0.6 is 0 Å². The SMILES string of the molecule is CCc1ccc(S(=O)(=O)NC(C)C(N)=O)cc1. The molecule has 0 spiro atoms. The van der Waals surface area contributed by atoms with Gasteiger partial charge in [0.2, 0.25) is 15.9 Å². The summed E-state index contributed by atoms with van der Waals surface area (Å²) in [5, 5.41) is 0. The number of hydrogen-bond donors (Lipinski definition) is 2. The van der Waals surface area contributed by atoms with Crippen LogP contribution < -0.4 is 10.5 Å². The quantitative estimate of drug-likeness (QED) is 0.799. The molecule has 94 valence electrons. The summed E-state index contributed by atoms with van der Waals surface area (Å²) in [7, 11) is -3.68. The van der Waals surface area contributed by atoms with E-state index in [1.807, 2.05) is 6.92 Å². The monoisotopic (exact) mass is 256 g/mol. The summed E-state index contributed by atoms with van der Waals surface area (Å²) in [6.07, 6.45) is 0.839. The number of amides is 1. The van der Waals surface area contributed by atoms with Crippen molar-refractivity contribution in [3.63, 3.8) is 0 Å². The summed E-state index contributed by atoms with van der Waals surface area (Å²) < 4.78 is 25.9. The first-order valence-corrected chi connectivity index (χ1v) is 6.75. The number of carbonyl (C=O) groups is 1. The first-order chi connectivity index (χ1) is 7.86. The van der Waals surface area contributed by atoms with Crippen LogP contribution in [0.4, 0.5) is 0 Å². The zero-order chi connectivity index (χ0) is 13.1. The molecule has 0 aromatic heterocycles. The average molecular weight is 256 g/mol. The van der Waals surface area contributed by atoms with E-state index in [0.717, 1.165) is 12.0 Å². The van der Waals surface area contributed by atoms with E-state index in [0.29, 0.717) is 0 Å². The van der Waals surface area contributed by atoms with Crippen LogP contribution in [0.3, 0.4) is 0 Å². The van der Waals surface area contributed by atoms with Gasteiger partial charge in [0.1, 0.15) is 0 Å². The van der Waals surface area contributed by atoms with E-state index in [2.05, 4.69) is 4.72 Å². The zero-order valence-corrected chi connectivity index (χ0v) is 10.6. The van der Waals surface area contributed by atoms with Gasteiger partial charge in [0, 0.05) is 0 Å². The smallest absolute Gasteiger partial charge is 0.241 e. The van der Waals surface area contributed by atoms with E-state index >= 15 is 0 Å². The van der Waals surface area contributed by atoms with Crippen LogP contribution in [-0.2, 0) is 21.2 Å². The molecule has 0 heterocycles. The minimum atomic E-state index is -3.68. The number of sulfonamides is 1. The molecule has 3 N–H and O–H groups in total. The molecular weight excluding hydrogens is 240 g/mol. The highest BCUT2D eigenvalue weighted by atomic mass is 32.2. The molecule has 6 heteroatoms. The maximum atomic E-state index is 11.8. The van der Waals surface area contributed by atoms with Crippen molar-refractivity contribution in [2.45, 2.75) is 31.2 Å². The molecule has 0 saturated carbocycles. The molecule has 1 aromatic carbocycles. The minimum absolute atomic E-state index is 0.128. The van der Waals surface area contributed by atoms with Crippen LogP contribution in [0.2, 0.25) is 0 Å². The molecule has 0 bridgehead atoms. The van der Waals surface area contributed by atoms with E-state index in [1.165, 1.54) is 19.1 Å². The summed E-state index contributed by atoms with van der Waals surface area (Å²) in [5.74, 6) is -0.709. The molecule has 17 heavy (non-hydrogen) atoms. The molecule has 1 amide bonds. The molecule has 1 aromatic rings. The first-order valence-electron chi connectivity index (χ1n) is 5.27. The fraction of sp³-hybridized carbons (Fsp3) is 0.364. The van der Waals surface area contributed by atoms with Crippen LogP contribution in [0.25, 0.3) is 0 Å². The highest BCUT2D eigenvalue weighted by molar-refractivity contribution is 7.89. The van der Waals surface area contributed by atoms with Gasteiger partial charge in [0.05, 0.1) is 10.9 Å². The number of primary amides is 1. The first kappa shape index (κ1) is 13.7. The van der Waals surface area contributed by atoms with Gasteiger partial charge in [0.15, 0.2) is 0 Å². The predicted molar refractivity (Wildman–Crippen MR) is 64.8 cm³/mol. The van der Waals surface area contributed by atoms with Crippen molar-refractivity contribution in [3.05, 3.63) is 29.8 Å². The van der Waals surface area contributed by atoms with Crippen molar-refractivity contribution < 1.29 is 13.2 Å². The van der Waals surface area contributed by atoms with Gasteiger partial charge >= 0.3 is 0 Å². The number of nitrogens with two attached hydrogens (primary N) is 1. The van der Waals surface area contributed by atoms with Gasteiger partial charge < -0.3 is 5.73 Å². The third-order valence-electron chi connectivity index (χ3n) is 2.40. The van der Waals surface area contributed by atoms with Crippen molar-refractivity contribution in [2.24, 2.45) is 5.73 Å². The number of aryl methyl sites for hydroxylation is 1. The third-order valence-corrected chi connectivity index (χ3v) is 3.96. The second-order valence-corrected chi connectivity index (χ2v) is 5.46. The molecule has 0 radical (unpaired) electrons. The maximum absolute atomic E-state index is 11.8. The van der Waals surface area contributed by atoms with Gasteiger partial charge in [-0.2, -0.15) is 4.72 Å². The molecule has 0 fully saturated rings. The molecule has 0 aliphatic rings. The van der Waals surface area contributed by atoms with Gasteiger partial charge in [-0.3, -0.25) is 4.79 Å². The van der Waals surface area contributed by atoms with Crippen molar-refractivity contribution in [2.75, 3.05) is 0 Å². The van der Waals surface area contributed by atoms with E-state index < -0.39 is 22.0 Å². The molecule has 0 aliphatic heterocycles. The lowest BCUT2D eigenvalue weighted by molar-refractivity contribution is -0.119. The van der Waals surface area contributed by atoms with Gasteiger partial charge in [-0.15, -0.1) is 0 Å². The lowest BCUT2D eigenvalue weighted by Gasteiger charge is -2.11. The Balaban J connectivity index is 2.93. The number of hydrogen-bond acceptors (Lipinski definition) is 3. The number of rotatable bonds is 5. The van der Waals surface area contributed by atoms with Crippen molar-refractivity contribution in [1.29, 1.82) is 0 Å². The van der Waals surface area contributed by atoms with Crippen LogP contribution in [-0.4, -0.2) is 20.4 Å². The Labute approximate surface area is 101 Å². The largest absolute Gasteiger partial charge is 0.368 e. The molecular formula is C11H16N2O3S. The summed E-state index contributed by atoms with van der Waals surface area (Å²) in [6.45, 7) is 3.39. The van der Waals surface area contributed by atoms with Crippen molar-refractivity contribution in [3.8, 4) is 0 Å². The summed E-state index contributed by atoms with van der Waals surface area (Å²) in [4.78, 5) is 10.9. The summed E-state index contributed by atoms with van der Waals surface area (Å²) in [6, 6.07) is 5.57. The van der Waals surface area contributed by atoms with Gasteiger partial charge in [0.25, 0.3) is 0 Å². The maximum Gasteiger partial charge on any atom is 0.241 e. The standard InChI is InChI=1S/C11H16N2O3S/c1-3-9-4-6-10(7-5-9)17(15,16)13-8(2)11(12)14/h4-8,13H,3H2,1-2H3,(H2,12,14). The summed E-state index contributed by atoms with van der Waals surface area (Å²) in [5.41, 5.74) is 6.05. The van der Waals surface area contributed by atoms with Crippen LogP contribution in [0.5, 0.6) is 0 Å². The third kappa shape index (κ3) is 3.54. The second kappa shape index (κ2) is 5.29. The van der Waals surface area contributed by atoms with Gasteiger partial charge in [-0.25, -0.2) is 8.42 Å². The predicted octanol–water partition coefficient (Wildman–Crippen LogP) is 0.401. The normalized spacial score (nSPS) is 13.3. The van der Waals surface area contributed by atoms with E-state index in [4.69, 9.17) is 5.73 Å². The second-order valence-electron chi connectivity index (χ2n) is 3.74. The average Bonchev–Trinajstić information content (AvgIpc) is 2.28. The van der Waals surface area contributed by atoms with E-state index in [9.17, 15) is 13.2 Å². The molecule has 5 nitrogen and oxygen atoms in total. The van der Waals surface area contributed by atoms with Gasteiger partial charge in [-0.05, 0) is 31.0 Å². The molecule has 1 unspecified atom stereocenters. The van der Waals surface area contributed by atoms with Crippen LogP contribution in [0, 0.1) is 0 Å². The van der Waals surface area contributed by atoms with Crippen LogP contribution in [0.15, 0.2) is 29.2 Å².